The maximum absolute atomic E-state index is 13.2. The van der Waals surface area contributed by atoms with Gasteiger partial charge in [-0.3, -0.25) is 0 Å². The number of anilines is 1. The Bertz CT molecular complexity index is 1220. The molecule has 4 rings (SSSR count). The number of carbonyl (C=O) groups excluding carboxylic acids is 2. The zero-order valence-corrected chi connectivity index (χ0v) is 28.4. The van der Waals surface area contributed by atoms with Crippen molar-refractivity contribution >= 4 is 23.7 Å². The van der Waals surface area contributed by atoms with Crippen molar-refractivity contribution in [1.82, 2.24) is 31.2 Å². The van der Waals surface area contributed by atoms with Crippen LogP contribution in [0.1, 0.15) is 110 Å². The molecule has 11 nitrogen and oxygen atoms in total. The smallest absolute Gasteiger partial charge is 0.331 e. The number of unbranched alkanes of at least 4 members (excludes halogenated alkanes) is 2. The van der Waals surface area contributed by atoms with Crippen LogP contribution in [0, 0.1) is 0 Å². The van der Waals surface area contributed by atoms with Crippen molar-refractivity contribution in [3.05, 3.63) is 34.8 Å². The molecule has 1 aromatic heterocycles. The summed E-state index contributed by atoms with van der Waals surface area (Å²) >= 11 is 0. The molecular weight excluding hydrogens is 568 g/mol. The Balaban J connectivity index is 1.38. The Morgan fingerprint density at radius 3 is 2.60 bits per heavy atom. The van der Waals surface area contributed by atoms with E-state index < -0.39 is 17.6 Å². The molecule has 0 spiro atoms. The third-order valence-corrected chi connectivity index (χ3v) is 8.64. The Hall–Kier alpha value is -3.50. The first-order chi connectivity index (χ1) is 21.6. The Kier molecular flexibility index (Phi) is 12.4. The number of hydrogen-bond acceptors (Lipinski definition) is 9. The molecule has 1 aromatic rings. The molecule has 0 bridgehead atoms. The molecule has 0 aromatic carbocycles. The molecule has 0 radical (unpaired) electrons. The van der Waals surface area contributed by atoms with Gasteiger partial charge in [0.25, 0.3) is 0 Å². The molecule has 11 heteroatoms. The standard InChI is InChI=1S/C34H56N8O3/c1-7-9-10-12-23(3)39-33(44)41-28(32(43)45-34(4,5)6)21-36-30-26(8-2)31(38-22-37-30)42-19-16-24(17-20-42)27-15-14-25-13-11-18-35-29(25)40-27/h14-15,23-24,28,38H,7-13,16-22H2,1-6H3,(H,35,40)(H,36,37)(H2,39,41,44)/t23?,28-/m0/s1. The maximum Gasteiger partial charge on any atom is 0.331 e. The van der Waals surface area contributed by atoms with Gasteiger partial charge in [0.2, 0.25) is 0 Å². The van der Waals surface area contributed by atoms with Gasteiger partial charge in [0.1, 0.15) is 35.8 Å². The van der Waals surface area contributed by atoms with Crippen LogP contribution in [0.25, 0.3) is 0 Å². The third-order valence-electron chi connectivity index (χ3n) is 8.64. The van der Waals surface area contributed by atoms with E-state index in [-0.39, 0.29) is 18.6 Å². The number of likely N-dealkylation sites (tertiary alicyclic amines) is 1. The van der Waals surface area contributed by atoms with Gasteiger partial charge in [0, 0.05) is 49.4 Å². The molecule has 4 heterocycles. The fraction of sp³-hybridized carbons (Fsp3) is 0.706. The monoisotopic (exact) mass is 624 g/mol. The van der Waals surface area contributed by atoms with E-state index in [0.29, 0.717) is 12.6 Å². The van der Waals surface area contributed by atoms with E-state index in [1.807, 2.05) is 27.7 Å². The first kappa shape index (κ1) is 34.4. The van der Waals surface area contributed by atoms with Crippen LogP contribution in [0.5, 0.6) is 0 Å². The van der Waals surface area contributed by atoms with Gasteiger partial charge in [0.05, 0.1) is 0 Å². The molecule has 1 unspecified atom stereocenters. The number of aliphatic imine (C=N–C) groups is 1. The SMILES string of the molecule is CCCCCC(C)NC(=O)N[C@@H](CNC1=NCNC(N2CCC(c3ccc4c(n3)NCCC4)CC2)=C1CC)C(=O)OC(C)(C)C. The molecule has 45 heavy (non-hydrogen) atoms. The van der Waals surface area contributed by atoms with Crippen LogP contribution in [0.2, 0.25) is 0 Å². The summed E-state index contributed by atoms with van der Waals surface area (Å²) < 4.78 is 5.67. The molecule has 3 aliphatic rings. The molecule has 250 valence electrons. The number of ether oxygens (including phenoxy) is 1. The zero-order chi connectivity index (χ0) is 32.4. The Labute approximate surface area is 269 Å². The summed E-state index contributed by atoms with van der Waals surface area (Å²) in [5, 5.41) is 16.2. The van der Waals surface area contributed by atoms with Gasteiger partial charge in [-0.2, -0.15) is 0 Å². The molecule has 2 amide bonds. The normalized spacial score (nSPS) is 18.5. The van der Waals surface area contributed by atoms with E-state index in [9.17, 15) is 9.59 Å². The van der Waals surface area contributed by atoms with Gasteiger partial charge in [-0.05, 0) is 77.8 Å². The van der Waals surface area contributed by atoms with E-state index in [4.69, 9.17) is 14.7 Å². The summed E-state index contributed by atoms with van der Waals surface area (Å²) in [6.45, 7) is 15.2. The van der Waals surface area contributed by atoms with Crippen molar-refractivity contribution in [3.63, 3.8) is 0 Å². The number of nitrogens with one attached hydrogen (secondary N) is 5. The highest BCUT2D eigenvalue weighted by molar-refractivity contribution is 5.99. The number of nitrogens with zero attached hydrogens (tertiary/aromatic N) is 3. The topological polar surface area (TPSA) is 132 Å². The highest BCUT2D eigenvalue weighted by atomic mass is 16.6. The number of fused-ring (bicyclic) bond motifs is 1. The van der Waals surface area contributed by atoms with Crippen LogP contribution in [0.15, 0.2) is 28.5 Å². The molecule has 0 aliphatic carbocycles. The average molecular weight is 625 g/mol. The lowest BCUT2D eigenvalue weighted by Crippen LogP contribution is -2.54. The van der Waals surface area contributed by atoms with Gasteiger partial charge in [-0.25, -0.2) is 19.6 Å². The number of amides is 2. The number of hydrogen-bond donors (Lipinski definition) is 5. The molecule has 1 saturated heterocycles. The number of aryl methyl sites for hydroxylation is 1. The summed E-state index contributed by atoms with van der Waals surface area (Å²) in [5.74, 6) is 2.87. The van der Waals surface area contributed by atoms with Crippen LogP contribution < -0.4 is 26.6 Å². The van der Waals surface area contributed by atoms with E-state index >= 15 is 0 Å². The number of urea groups is 1. The van der Waals surface area contributed by atoms with Crippen LogP contribution in [-0.4, -0.2) is 78.3 Å². The number of amidine groups is 1. The van der Waals surface area contributed by atoms with Crippen LogP contribution in [0.4, 0.5) is 10.6 Å². The fourth-order valence-corrected chi connectivity index (χ4v) is 6.24. The van der Waals surface area contributed by atoms with Crippen molar-refractivity contribution in [3.8, 4) is 0 Å². The number of carbonyl (C=O) groups is 2. The first-order valence-electron chi connectivity index (χ1n) is 17.1. The van der Waals surface area contributed by atoms with Gasteiger partial charge in [-0.1, -0.05) is 39.2 Å². The van der Waals surface area contributed by atoms with E-state index in [2.05, 4.69) is 57.5 Å². The third kappa shape index (κ3) is 9.99. The molecule has 2 atom stereocenters. The number of esters is 1. The summed E-state index contributed by atoms with van der Waals surface area (Å²) in [7, 11) is 0. The summed E-state index contributed by atoms with van der Waals surface area (Å²) in [5.41, 5.74) is 2.92. The van der Waals surface area contributed by atoms with Crippen LogP contribution in [-0.2, 0) is 16.0 Å². The van der Waals surface area contributed by atoms with Gasteiger partial charge in [-0.15, -0.1) is 0 Å². The largest absolute Gasteiger partial charge is 0.458 e. The number of aromatic nitrogens is 1. The van der Waals surface area contributed by atoms with E-state index in [0.717, 1.165) is 94.0 Å². The van der Waals surface area contributed by atoms with Crippen molar-refractivity contribution < 1.29 is 14.3 Å². The highest BCUT2D eigenvalue weighted by Gasteiger charge is 2.30. The fourth-order valence-electron chi connectivity index (χ4n) is 6.24. The van der Waals surface area contributed by atoms with Crippen molar-refractivity contribution in [2.24, 2.45) is 4.99 Å². The zero-order valence-electron chi connectivity index (χ0n) is 28.4. The van der Waals surface area contributed by atoms with Gasteiger partial charge in [0.15, 0.2) is 0 Å². The molecule has 1 fully saturated rings. The second kappa shape index (κ2) is 16.2. The first-order valence-corrected chi connectivity index (χ1v) is 17.1. The minimum Gasteiger partial charge on any atom is -0.458 e. The summed E-state index contributed by atoms with van der Waals surface area (Å²) in [6, 6.07) is 3.24. The molecule has 5 N–H and O–H groups in total. The number of rotatable bonds is 12. The lowest BCUT2D eigenvalue weighted by Gasteiger charge is -2.38. The quantitative estimate of drug-likeness (QED) is 0.166. The predicted octanol–water partition coefficient (Wildman–Crippen LogP) is 4.77. The number of piperidine rings is 1. The Morgan fingerprint density at radius 2 is 1.89 bits per heavy atom. The van der Waals surface area contributed by atoms with Crippen molar-refractivity contribution in [1.29, 1.82) is 0 Å². The van der Waals surface area contributed by atoms with Crippen molar-refractivity contribution in [2.75, 3.05) is 38.2 Å². The van der Waals surface area contributed by atoms with Gasteiger partial charge >= 0.3 is 12.0 Å². The van der Waals surface area contributed by atoms with Crippen LogP contribution in [0.3, 0.4) is 0 Å². The van der Waals surface area contributed by atoms with E-state index in [1.165, 1.54) is 17.7 Å². The molecule has 3 aliphatic heterocycles. The maximum atomic E-state index is 13.2. The van der Waals surface area contributed by atoms with Gasteiger partial charge < -0.3 is 36.2 Å². The van der Waals surface area contributed by atoms with Crippen molar-refractivity contribution in [2.45, 2.75) is 123 Å². The second-order valence-corrected chi connectivity index (χ2v) is 13.5. The van der Waals surface area contributed by atoms with E-state index in [1.54, 1.807) is 0 Å². The summed E-state index contributed by atoms with van der Waals surface area (Å²) in [4.78, 5) is 38.2. The summed E-state index contributed by atoms with van der Waals surface area (Å²) in [6.07, 6.45) is 9.31. The molecular formula is C34H56N8O3. The number of pyridine rings is 1. The average Bonchev–Trinajstić information content (AvgIpc) is 3.02. The predicted molar refractivity (Wildman–Crippen MR) is 180 cm³/mol. The van der Waals surface area contributed by atoms with Crippen LogP contribution >= 0.6 is 0 Å². The molecule has 0 saturated carbocycles. The lowest BCUT2D eigenvalue weighted by atomic mass is 9.92. The Morgan fingerprint density at radius 1 is 1.11 bits per heavy atom. The minimum absolute atomic E-state index is 0.0126. The minimum atomic E-state index is -0.874. The lowest BCUT2D eigenvalue weighted by molar-refractivity contribution is -0.156. The highest BCUT2D eigenvalue weighted by Crippen LogP contribution is 2.31. The second-order valence-electron chi connectivity index (χ2n) is 13.5.